The highest BCUT2D eigenvalue weighted by Gasteiger charge is 2.23. The van der Waals surface area contributed by atoms with Crippen LogP contribution in [-0.4, -0.2) is 26.3 Å². The number of nitrogens with one attached hydrogen (secondary N) is 1. The fourth-order valence-electron chi connectivity index (χ4n) is 2.80. The summed E-state index contributed by atoms with van der Waals surface area (Å²) in [5.74, 6) is 1.75. The van der Waals surface area contributed by atoms with Gasteiger partial charge < -0.3 is 14.8 Å². The molecule has 3 nitrogen and oxygen atoms in total. The van der Waals surface area contributed by atoms with Gasteiger partial charge in [-0.15, -0.1) is 12.4 Å². The van der Waals surface area contributed by atoms with Gasteiger partial charge in [-0.25, -0.2) is 0 Å². The summed E-state index contributed by atoms with van der Waals surface area (Å²) in [5, 5.41) is 3.62. The van der Waals surface area contributed by atoms with Crippen LogP contribution in [0.5, 0.6) is 11.5 Å². The second kappa shape index (κ2) is 7.01. The van der Waals surface area contributed by atoms with Crippen molar-refractivity contribution in [3.05, 3.63) is 23.3 Å². The molecule has 0 heterocycles. The van der Waals surface area contributed by atoms with Crippen molar-refractivity contribution in [1.29, 1.82) is 0 Å². The van der Waals surface area contributed by atoms with Gasteiger partial charge in [0.2, 0.25) is 0 Å². The molecule has 0 fully saturated rings. The third kappa shape index (κ3) is 3.54. The van der Waals surface area contributed by atoms with Crippen LogP contribution in [0.1, 0.15) is 31.4 Å². The smallest absolute Gasteiger partial charge is 0.164 e. The molecule has 0 radical (unpaired) electrons. The molecule has 0 saturated carbocycles. The first kappa shape index (κ1) is 16.1. The molecule has 1 N–H and O–H groups in total. The SMILES string of the molecule is COc1ccc2c(c1OC)CCC(NC(C)C)C2.Cl. The van der Waals surface area contributed by atoms with Crippen molar-refractivity contribution in [2.24, 2.45) is 0 Å². The van der Waals surface area contributed by atoms with Crippen LogP contribution in [0.2, 0.25) is 0 Å². The van der Waals surface area contributed by atoms with Crippen molar-refractivity contribution in [2.45, 2.75) is 45.2 Å². The summed E-state index contributed by atoms with van der Waals surface area (Å²) in [6.45, 7) is 4.40. The van der Waals surface area contributed by atoms with Crippen LogP contribution >= 0.6 is 12.4 Å². The van der Waals surface area contributed by atoms with E-state index in [2.05, 4.69) is 25.2 Å². The zero-order valence-corrected chi connectivity index (χ0v) is 13.0. The van der Waals surface area contributed by atoms with Crippen molar-refractivity contribution in [3.63, 3.8) is 0 Å². The van der Waals surface area contributed by atoms with Gasteiger partial charge in [0.1, 0.15) is 0 Å². The normalized spacial score (nSPS) is 17.6. The zero-order chi connectivity index (χ0) is 13.1. The van der Waals surface area contributed by atoms with Crippen LogP contribution < -0.4 is 14.8 Å². The maximum absolute atomic E-state index is 5.51. The summed E-state index contributed by atoms with van der Waals surface area (Å²) in [7, 11) is 3.41. The van der Waals surface area contributed by atoms with Gasteiger partial charge in [0.05, 0.1) is 14.2 Å². The zero-order valence-electron chi connectivity index (χ0n) is 12.2. The molecule has 108 valence electrons. The molecule has 0 amide bonds. The molecule has 1 aliphatic rings. The van der Waals surface area contributed by atoms with E-state index < -0.39 is 0 Å². The lowest BCUT2D eigenvalue weighted by Crippen LogP contribution is -2.38. The Hall–Kier alpha value is -0.930. The van der Waals surface area contributed by atoms with Gasteiger partial charge >= 0.3 is 0 Å². The minimum Gasteiger partial charge on any atom is -0.493 e. The predicted octanol–water partition coefficient (Wildman–Crippen LogP) is 2.98. The molecule has 0 spiro atoms. The average molecular weight is 286 g/mol. The molecule has 0 aliphatic heterocycles. The van der Waals surface area contributed by atoms with Crippen LogP contribution in [0.15, 0.2) is 12.1 Å². The molecule has 0 bridgehead atoms. The number of hydrogen-bond donors (Lipinski definition) is 1. The lowest BCUT2D eigenvalue weighted by atomic mass is 9.87. The Morgan fingerprint density at radius 2 is 1.95 bits per heavy atom. The van der Waals surface area contributed by atoms with E-state index in [1.807, 2.05) is 6.07 Å². The first-order valence-electron chi connectivity index (χ1n) is 6.64. The molecule has 1 aromatic rings. The standard InChI is InChI=1S/C15H23NO2.ClH/c1-10(2)16-12-6-7-13-11(9-12)5-8-14(17-3)15(13)18-4;/h5,8,10,12,16H,6-7,9H2,1-4H3;1H. The van der Waals surface area contributed by atoms with E-state index in [0.29, 0.717) is 12.1 Å². The number of ether oxygens (including phenoxy) is 2. The summed E-state index contributed by atoms with van der Waals surface area (Å²) in [4.78, 5) is 0. The van der Waals surface area contributed by atoms with E-state index in [4.69, 9.17) is 9.47 Å². The van der Waals surface area contributed by atoms with E-state index in [-0.39, 0.29) is 12.4 Å². The number of hydrogen-bond acceptors (Lipinski definition) is 3. The fourth-order valence-corrected chi connectivity index (χ4v) is 2.80. The van der Waals surface area contributed by atoms with Crippen LogP contribution in [0.25, 0.3) is 0 Å². The maximum atomic E-state index is 5.51. The summed E-state index contributed by atoms with van der Waals surface area (Å²) in [5.41, 5.74) is 2.70. The third-order valence-electron chi connectivity index (χ3n) is 3.52. The second-order valence-electron chi connectivity index (χ2n) is 5.20. The van der Waals surface area contributed by atoms with Crippen molar-refractivity contribution in [1.82, 2.24) is 5.32 Å². The minimum atomic E-state index is 0. The summed E-state index contributed by atoms with van der Waals surface area (Å²) in [6, 6.07) is 5.30. The summed E-state index contributed by atoms with van der Waals surface area (Å²) >= 11 is 0. The van der Waals surface area contributed by atoms with E-state index >= 15 is 0 Å². The lowest BCUT2D eigenvalue weighted by Gasteiger charge is -2.28. The van der Waals surface area contributed by atoms with Crippen molar-refractivity contribution in [2.75, 3.05) is 14.2 Å². The molecular weight excluding hydrogens is 262 g/mol. The molecule has 1 aromatic carbocycles. The Bertz CT molecular complexity index is 421. The topological polar surface area (TPSA) is 30.5 Å². The summed E-state index contributed by atoms with van der Waals surface area (Å²) < 4.78 is 10.9. The third-order valence-corrected chi connectivity index (χ3v) is 3.52. The lowest BCUT2D eigenvalue weighted by molar-refractivity contribution is 0.345. The van der Waals surface area contributed by atoms with Crippen molar-refractivity contribution >= 4 is 12.4 Å². The van der Waals surface area contributed by atoms with E-state index in [0.717, 1.165) is 30.8 Å². The monoisotopic (exact) mass is 285 g/mol. The van der Waals surface area contributed by atoms with Gasteiger partial charge in [-0.3, -0.25) is 0 Å². The van der Waals surface area contributed by atoms with Crippen LogP contribution in [0.3, 0.4) is 0 Å². The van der Waals surface area contributed by atoms with Gasteiger partial charge in [0.15, 0.2) is 11.5 Å². The summed E-state index contributed by atoms with van der Waals surface area (Å²) in [6.07, 6.45) is 3.29. The Balaban J connectivity index is 0.00000180. The Labute approximate surface area is 122 Å². The van der Waals surface area contributed by atoms with Gasteiger partial charge in [0, 0.05) is 17.6 Å². The fraction of sp³-hybridized carbons (Fsp3) is 0.600. The predicted molar refractivity (Wildman–Crippen MR) is 80.9 cm³/mol. The first-order valence-corrected chi connectivity index (χ1v) is 6.64. The highest BCUT2D eigenvalue weighted by Crippen LogP contribution is 2.37. The van der Waals surface area contributed by atoms with Crippen LogP contribution in [0, 0.1) is 0 Å². The van der Waals surface area contributed by atoms with E-state index in [1.165, 1.54) is 11.1 Å². The molecule has 0 aromatic heterocycles. The highest BCUT2D eigenvalue weighted by molar-refractivity contribution is 5.85. The molecule has 4 heteroatoms. The van der Waals surface area contributed by atoms with E-state index in [9.17, 15) is 0 Å². The highest BCUT2D eigenvalue weighted by atomic mass is 35.5. The average Bonchev–Trinajstić information content (AvgIpc) is 2.36. The van der Waals surface area contributed by atoms with Crippen molar-refractivity contribution in [3.8, 4) is 11.5 Å². The minimum absolute atomic E-state index is 0. The van der Waals surface area contributed by atoms with Crippen LogP contribution in [0.4, 0.5) is 0 Å². The molecular formula is C15H24ClNO2. The number of methoxy groups -OCH3 is 2. The molecule has 1 aliphatic carbocycles. The molecule has 0 saturated heterocycles. The van der Waals surface area contributed by atoms with Gasteiger partial charge in [0.25, 0.3) is 0 Å². The van der Waals surface area contributed by atoms with Gasteiger partial charge in [-0.1, -0.05) is 19.9 Å². The molecule has 19 heavy (non-hydrogen) atoms. The number of rotatable bonds is 4. The number of halogens is 1. The van der Waals surface area contributed by atoms with Crippen molar-refractivity contribution < 1.29 is 9.47 Å². The maximum Gasteiger partial charge on any atom is 0.164 e. The second-order valence-corrected chi connectivity index (χ2v) is 5.20. The van der Waals surface area contributed by atoms with Gasteiger partial charge in [-0.05, 0) is 30.9 Å². The van der Waals surface area contributed by atoms with Crippen LogP contribution in [-0.2, 0) is 12.8 Å². The number of benzene rings is 1. The van der Waals surface area contributed by atoms with E-state index in [1.54, 1.807) is 14.2 Å². The Morgan fingerprint density at radius 1 is 1.21 bits per heavy atom. The molecule has 1 atom stereocenters. The molecule has 1 unspecified atom stereocenters. The first-order chi connectivity index (χ1) is 8.65. The largest absolute Gasteiger partial charge is 0.493 e. The quantitative estimate of drug-likeness (QED) is 0.923. The Kier molecular flexibility index (Phi) is 5.95. The Morgan fingerprint density at radius 3 is 2.53 bits per heavy atom. The molecule has 2 rings (SSSR count). The number of fused-ring (bicyclic) bond motifs is 1. The van der Waals surface area contributed by atoms with Gasteiger partial charge in [-0.2, -0.15) is 0 Å².